The van der Waals surface area contributed by atoms with E-state index < -0.39 is 10.0 Å². The molecular weight excluding hydrogens is 336 g/mol. The second-order valence-electron chi connectivity index (χ2n) is 5.31. The standard InChI is InChI=1S/C15H16N2O4S2/c1-10-3-6-14(22-10)15(19)16-12-9-11(4-5-13(12)18)17-7-2-8-23(17,20)21/h3-6,9,18H,2,7-8H2,1H3,(H,16,19). The van der Waals surface area contributed by atoms with Crippen LogP contribution in [0, 0.1) is 6.92 Å². The lowest BCUT2D eigenvalue weighted by atomic mass is 10.2. The van der Waals surface area contributed by atoms with Crippen LogP contribution in [0.1, 0.15) is 21.0 Å². The maximum Gasteiger partial charge on any atom is 0.265 e. The molecule has 2 heterocycles. The number of phenolic OH excluding ortho intramolecular Hbond substituents is 1. The summed E-state index contributed by atoms with van der Waals surface area (Å²) in [5, 5.41) is 12.6. The van der Waals surface area contributed by atoms with Crippen LogP contribution in [0.3, 0.4) is 0 Å². The van der Waals surface area contributed by atoms with E-state index in [2.05, 4.69) is 5.32 Å². The third-order valence-electron chi connectivity index (χ3n) is 3.58. The molecule has 1 aromatic heterocycles. The van der Waals surface area contributed by atoms with E-state index in [1.54, 1.807) is 6.07 Å². The summed E-state index contributed by atoms with van der Waals surface area (Å²) in [6.07, 6.45) is 0.569. The maximum atomic E-state index is 12.2. The summed E-state index contributed by atoms with van der Waals surface area (Å²) < 4.78 is 25.3. The highest BCUT2D eigenvalue weighted by Gasteiger charge is 2.29. The molecule has 6 nitrogen and oxygen atoms in total. The number of carbonyl (C=O) groups is 1. The molecule has 2 aromatic rings. The Kier molecular flexibility index (Phi) is 4.03. The summed E-state index contributed by atoms with van der Waals surface area (Å²) in [7, 11) is -3.31. The highest BCUT2D eigenvalue weighted by Crippen LogP contribution is 2.32. The summed E-state index contributed by atoms with van der Waals surface area (Å²) in [4.78, 5) is 13.7. The van der Waals surface area contributed by atoms with E-state index in [0.29, 0.717) is 23.5 Å². The number of aromatic hydroxyl groups is 1. The lowest BCUT2D eigenvalue weighted by Gasteiger charge is -2.18. The topological polar surface area (TPSA) is 86.7 Å². The van der Waals surface area contributed by atoms with Crippen molar-refractivity contribution < 1.29 is 18.3 Å². The molecule has 1 aliphatic rings. The average molecular weight is 352 g/mol. The Balaban J connectivity index is 1.88. The molecule has 1 amide bonds. The third kappa shape index (κ3) is 3.18. The normalized spacial score (nSPS) is 16.5. The van der Waals surface area contributed by atoms with Crippen LogP contribution in [-0.4, -0.2) is 31.7 Å². The summed E-state index contributed by atoms with van der Waals surface area (Å²) in [6, 6.07) is 7.95. The molecule has 122 valence electrons. The van der Waals surface area contributed by atoms with E-state index in [0.717, 1.165) is 4.88 Å². The second-order valence-corrected chi connectivity index (χ2v) is 8.61. The van der Waals surface area contributed by atoms with Crippen molar-refractivity contribution in [3.63, 3.8) is 0 Å². The van der Waals surface area contributed by atoms with Crippen molar-refractivity contribution in [1.82, 2.24) is 0 Å². The Bertz CT molecular complexity index is 858. The van der Waals surface area contributed by atoms with Crippen molar-refractivity contribution >= 4 is 38.6 Å². The van der Waals surface area contributed by atoms with Gasteiger partial charge < -0.3 is 10.4 Å². The number of sulfonamides is 1. The van der Waals surface area contributed by atoms with Crippen LogP contribution in [0.4, 0.5) is 11.4 Å². The number of anilines is 2. The Labute approximate surface area is 138 Å². The molecule has 1 saturated heterocycles. The summed E-state index contributed by atoms with van der Waals surface area (Å²) in [5.74, 6) is -0.323. The van der Waals surface area contributed by atoms with Gasteiger partial charge in [-0.2, -0.15) is 0 Å². The molecule has 0 atom stereocenters. The number of nitrogens with zero attached hydrogens (tertiary/aromatic N) is 1. The fourth-order valence-electron chi connectivity index (χ4n) is 2.45. The van der Waals surface area contributed by atoms with E-state index >= 15 is 0 Å². The Morgan fingerprint density at radius 2 is 2.09 bits per heavy atom. The third-order valence-corrected chi connectivity index (χ3v) is 6.45. The molecule has 2 N–H and O–H groups in total. The smallest absolute Gasteiger partial charge is 0.265 e. The zero-order valence-electron chi connectivity index (χ0n) is 12.4. The van der Waals surface area contributed by atoms with Crippen molar-refractivity contribution in [2.24, 2.45) is 0 Å². The number of rotatable bonds is 3. The van der Waals surface area contributed by atoms with Crippen molar-refractivity contribution in [1.29, 1.82) is 0 Å². The van der Waals surface area contributed by atoms with Gasteiger partial charge in [0.15, 0.2) is 0 Å². The number of phenols is 1. The number of amides is 1. The van der Waals surface area contributed by atoms with Gasteiger partial charge in [0, 0.05) is 11.4 Å². The van der Waals surface area contributed by atoms with Crippen LogP contribution in [0.2, 0.25) is 0 Å². The molecule has 0 bridgehead atoms. The molecule has 0 aliphatic carbocycles. The van der Waals surface area contributed by atoms with Gasteiger partial charge in [-0.25, -0.2) is 8.42 Å². The van der Waals surface area contributed by atoms with Gasteiger partial charge in [0.25, 0.3) is 5.91 Å². The minimum absolute atomic E-state index is 0.105. The Morgan fingerprint density at radius 3 is 2.70 bits per heavy atom. The first-order valence-electron chi connectivity index (χ1n) is 7.08. The number of benzene rings is 1. The number of thiophene rings is 1. The Morgan fingerprint density at radius 1 is 1.30 bits per heavy atom. The Hall–Kier alpha value is -2.06. The molecule has 3 rings (SSSR count). The van der Waals surface area contributed by atoms with Crippen LogP contribution in [0.15, 0.2) is 30.3 Å². The van der Waals surface area contributed by atoms with Crippen molar-refractivity contribution in [3.8, 4) is 5.75 Å². The lowest BCUT2D eigenvalue weighted by Crippen LogP contribution is -2.25. The molecule has 0 unspecified atom stereocenters. The van der Waals surface area contributed by atoms with E-state index in [9.17, 15) is 18.3 Å². The average Bonchev–Trinajstić information content (AvgIpc) is 3.07. The fourth-order valence-corrected chi connectivity index (χ4v) is 4.77. The summed E-state index contributed by atoms with van der Waals surface area (Å²) in [6.45, 7) is 2.31. The molecular formula is C15H16N2O4S2. The van der Waals surface area contributed by atoms with E-state index in [4.69, 9.17) is 0 Å². The van der Waals surface area contributed by atoms with Gasteiger partial charge in [0.05, 0.1) is 22.0 Å². The number of hydrogen-bond donors (Lipinski definition) is 2. The maximum absolute atomic E-state index is 12.2. The lowest BCUT2D eigenvalue weighted by molar-refractivity contribution is 0.103. The molecule has 0 spiro atoms. The number of nitrogens with one attached hydrogen (secondary N) is 1. The molecule has 1 aromatic carbocycles. The largest absolute Gasteiger partial charge is 0.506 e. The predicted octanol–water partition coefficient (Wildman–Crippen LogP) is 2.55. The van der Waals surface area contributed by atoms with Gasteiger partial charge >= 0.3 is 0 Å². The second kappa shape index (κ2) is 5.86. The van der Waals surface area contributed by atoms with Crippen LogP contribution < -0.4 is 9.62 Å². The zero-order chi connectivity index (χ0) is 16.6. The highest BCUT2D eigenvalue weighted by atomic mass is 32.2. The van der Waals surface area contributed by atoms with Crippen LogP contribution in [0.5, 0.6) is 5.75 Å². The van der Waals surface area contributed by atoms with Crippen molar-refractivity contribution in [2.75, 3.05) is 21.9 Å². The summed E-state index contributed by atoms with van der Waals surface area (Å²) in [5.41, 5.74) is 0.638. The molecule has 23 heavy (non-hydrogen) atoms. The number of aryl methyl sites for hydroxylation is 1. The number of hydrogen-bond acceptors (Lipinski definition) is 5. The van der Waals surface area contributed by atoms with Gasteiger partial charge in [0.1, 0.15) is 5.75 Å². The van der Waals surface area contributed by atoms with Crippen molar-refractivity contribution in [3.05, 3.63) is 40.1 Å². The van der Waals surface area contributed by atoms with Crippen LogP contribution >= 0.6 is 11.3 Å². The van der Waals surface area contributed by atoms with Gasteiger partial charge in [-0.05, 0) is 43.7 Å². The van der Waals surface area contributed by atoms with Crippen LogP contribution in [-0.2, 0) is 10.0 Å². The van der Waals surface area contributed by atoms with Gasteiger partial charge in [-0.3, -0.25) is 9.10 Å². The number of carbonyl (C=O) groups excluding carboxylic acids is 1. The highest BCUT2D eigenvalue weighted by molar-refractivity contribution is 7.93. The van der Waals surface area contributed by atoms with Gasteiger partial charge in [-0.1, -0.05) is 0 Å². The fraction of sp³-hybridized carbons (Fsp3) is 0.267. The van der Waals surface area contributed by atoms with Gasteiger partial charge in [0.2, 0.25) is 10.0 Å². The zero-order valence-corrected chi connectivity index (χ0v) is 14.1. The quantitative estimate of drug-likeness (QED) is 0.831. The first-order valence-corrected chi connectivity index (χ1v) is 9.50. The first-order chi connectivity index (χ1) is 10.9. The SMILES string of the molecule is Cc1ccc(C(=O)Nc2cc(N3CCCS3(=O)=O)ccc2O)s1. The van der Waals surface area contributed by atoms with Crippen molar-refractivity contribution in [2.45, 2.75) is 13.3 Å². The molecule has 0 saturated carbocycles. The monoisotopic (exact) mass is 352 g/mol. The minimum Gasteiger partial charge on any atom is -0.506 e. The predicted molar refractivity (Wildman–Crippen MR) is 90.9 cm³/mol. The van der Waals surface area contributed by atoms with Crippen LogP contribution in [0.25, 0.3) is 0 Å². The molecule has 1 fully saturated rings. The molecule has 1 aliphatic heterocycles. The van der Waals surface area contributed by atoms with E-state index in [-0.39, 0.29) is 23.1 Å². The molecule has 8 heteroatoms. The van der Waals surface area contributed by atoms with E-state index in [1.807, 2.05) is 13.0 Å². The molecule has 0 radical (unpaired) electrons. The van der Waals surface area contributed by atoms with Gasteiger partial charge in [-0.15, -0.1) is 11.3 Å². The first kappa shape index (κ1) is 15.8. The minimum atomic E-state index is -3.31. The van der Waals surface area contributed by atoms with E-state index in [1.165, 1.54) is 33.8 Å². The summed E-state index contributed by atoms with van der Waals surface area (Å²) >= 11 is 1.35.